The van der Waals surface area contributed by atoms with Gasteiger partial charge >= 0.3 is 6.09 Å². The number of guanidine groups is 1. The number of ether oxygens (including phenoxy) is 1. The molecule has 1 amide bonds. The molecule has 0 aromatic carbocycles. The molecular weight excluding hydrogens is 439 g/mol. The molecule has 2 N–H and O–H groups in total. The minimum absolute atomic E-state index is 0. The number of nitrogens with zero attached hydrogens (tertiary/aromatic N) is 4. The molecule has 1 aliphatic rings. The van der Waals surface area contributed by atoms with E-state index in [1.54, 1.807) is 11.8 Å². The second-order valence-corrected chi connectivity index (χ2v) is 5.54. The molecule has 9 nitrogen and oxygen atoms in total. The summed E-state index contributed by atoms with van der Waals surface area (Å²) in [6.07, 6.45) is 1.47. The Hall–Kier alpha value is -1.59. The van der Waals surface area contributed by atoms with Crippen molar-refractivity contribution in [1.82, 2.24) is 25.7 Å². The molecule has 10 heteroatoms. The maximum Gasteiger partial charge on any atom is 0.409 e. The number of rotatable bonds is 5. The van der Waals surface area contributed by atoms with Gasteiger partial charge < -0.3 is 24.8 Å². The number of carbonyl (C=O) groups excluding carboxylic acids is 1. The fraction of sp³-hybridized carbons (Fsp3) is 0.733. The van der Waals surface area contributed by atoms with Gasteiger partial charge in [-0.05, 0) is 33.6 Å². The van der Waals surface area contributed by atoms with Crippen LogP contribution in [-0.2, 0) is 11.3 Å². The topological polar surface area (TPSA) is 105 Å². The van der Waals surface area contributed by atoms with Gasteiger partial charge in [-0.15, -0.1) is 24.0 Å². The van der Waals surface area contributed by atoms with Gasteiger partial charge in [-0.3, -0.25) is 0 Å². The lowest BCUT2D eigenvalue weighted by Gasteiger charge is -2.32. The van der Waals surface area contributed by atoms with Gasteiger partial charge in [0.1, 0.15) is 6.54 Å². The van der Waals surface area contributed by atoms with E-state index in [1.807, 2.05) is 13.8 Å². The lowest BCUT2D eigenvalue weighted by Crippen LogP contribution is -2.49. The van der Waals surface area contributed by atoms with E-state index in [0.717, 1.165) is 19.4 Å². The van der Waals surface area contributed by atoms with Crippen LogP contribution in [0.3, 0.4) is 0 Å². The quantitative estimate of drug-likeness (QED) is 0.387. The van der Waals surface area contributed by atoms with Gasteiger partial charge in [0, 0.05) is 25.7 Å². The molecule has 0 unspecified atom stereocenters. The van der Waals surface area contributed by atoms with Gasteiger partial charge in [0.2, 0.25) is 5.89 Å². The van der Waals surface area contributed by atoms with E-state index in [2.05, 4.69) is 25.8 Å². The predicted octanol–water partition coefficient (Wildman–Crippen LogP) is 1.67. The van der Waals surface area contributed by atoms with Crippen molar-refractivity contribution >= 4 is 36.0 Å². The van der Waals surface area contributed by atoms with Crippen molar-refractivity contribution in [3.8, 4) is 0 Å². The summed E-state index contributed by atoms with van der Waals surface area (Å²) in [7, 11) is 0. The van der Waals surface area contributed by atoms with E-state index in [-0.39, 0.29) is 36.1 Å². The van der Waals surface area contributed by atoms with Crippen molar-refractivity contribution in [2.75, 3.05) is 26.2 Å². The van der Waals surface area contributed by atoms with Crippen LogP contribution in [0.4, 0.5) is 4.79 Å². The summed E-state index contributed by atoms with van der Waals surface area (Å²) in [4.78, 5) is 22.1. The van der Waals surface area contributed by atoms with Gasteiger partial charge in [0.15, 0.2) is 11.8 Å². The zero-order valence-electron chi connectivity index (χ0n) is 14.9. The molecule has 2 heterocycles. The fourth-order valence-electron chi connectivity index (χ4n) is 2.49. The van der Waals surface area contributed by atoms with Crippen molar-refractivity contribution in [3.05, 3.63) is 11.7 Å². The largest absolute Gasteiger partial charge is 0.450 e. The van der Waals surface area contributed by atoms with Crippen molar-refractivity contribution in [2.24, 2.45) is 4.99 Å². The molecule has 0 bridgehead atoms. The maximum absolute atomic E-state index is 11.7. The summed E-state index contributed by atoms with van der Waals surface area (Å²) in [6.45, 7) is 8.46. The highest BCUT2D eigenvalue weighted by Crippen LogP contribution is 2.11. The number of halogens is 1. The minimum atomic E-state index is -0.233. The molecule has 142 valence electrons. The molecular formula is C15H27IN6O3. The average molecular weight is 466 g/mol. The van der Waals surface area contributed by atoms with Crippen LogP contribution in [0.2, 0.25) is 0 Å². The van der Waals surface area contributed by atoms with Crippen LogP contribution in [0.1, 0.15) is 38.4 Å². The Morgan fingerprint density at radius 1 is 1.40 bits per heavy atom. The smallest absolute Gasteiger partial charge is 0.409 e. The Bertz CT molecular complexity index is 557. The Labute approximate surface area is 165 Å². The Morgan fingerprint density at radius 2 is 2.12 bits per heavy atom. The van der Waals surface area contributed by atoms with E-state index >= 15 is 0 Å². The van der Waals surface area contributed by atoms with Crippen molar-refractivity contribution in [1.29, 1.82) is 0 Å². The highest BCUT2D eigenvalue weighted by Gasteiger charge is 2.24. The highest BCUT2D eigenvalue weighted by atomic mass is 127. The standard InChI is InChI=1S/C15H26N6O3.HI/c1-4-16-14(17-10-13-18-11(3)20-24-13)19-12-6-8-21(9-7-12)15(22)23-5-2;/h12H,4-10H2,1-3H3,(H2,16,17,19);1H. The number of aliphatic imine (C=N–C) groups is 1. The minimum Gasteiger partial charge on any atom is -0.450 e. The van der Waals surface area contributed by atoms with E-state index < -0.39 is 0 Å². The molecule has 0 atom stereocenters. The third kappa shape index (κ3) is 7.04. The molecule has 1 fully saturated rings. The lowest BCUT2D eigenvalue weighted by molar-refractivity contribution is 0.0963. The molecule has 0 radical (unpaired) electrons. The third-order valence-corrected chi connectivity index (χ3v) is 3.65. The summed E-state index contributed by atoms with van der Waals surface area (Å²) in [5, 5.41) is 10.4. The number of aromatic nitrogens is 2. The molecule has 0 aliphatic carbocycles. The molecule has 25 heavy (non-hydrogen) atoms. The first kappa shape index (κ1) is 21.5. The van der Waals surface area contributed by atoms with E-state index in [1.165, 1.54) is 0 Å². The molecule has 1 saturated heterocycles. The first-order valence-electron chi connectivity index (χ1n) is 8.38. The number of amides is 1. The second-order valence-electron chi connectivity index (χ2n) is 5.54. The number of hydrogen-bond acceptors (Lipinski definition) is 6. The van der Waals surface area contributed by atoms with Crippen LogP contribution < -0.4 is 10.6 Å². The Morgan fingerprint density at radius 3 is 2.68 bits per heavy atom. The second kappa shape index (κ2) is 11.1. The van der Waals surface area contributed by atoms with Crippen molar-refractivity contribution in [2.45, 2.75) is 46.2 Å². The van der Waals surface area contributed by atoms with Crippen LogP contribution in [0, 0.1) is 6.92 Å². The summed E-state index contributed by atoms with van der Waals surface area (Å²) in [5.41, 5.74) is 0. The van der Waals surface area contributed by atoms with Crippen LogP contribution in [0.15, 0.2) is 9.52 Å². The highest BCUT2D eigenvalue weighted by molar-refractivity contribution is 14.0. The number of aryl methyl sites for hydroxylation is 1. The summed E-state index contributed by atoms with van der Waals surface area (Å²) < 4.78 is 10.1. The maximum atomic E-state index is 11.7. The molecule has 0 spiro atoms. The zero-order valence-corrected chi connectivity index (χ0v) is 17.3. The van der Waals surface area contributed by atoms with Crippen LogP contribution in [0.5, 0.6) is 0 Å². The molecule has 1 aromatic rings. The summed E-state index contributed by atoms with van der Waals surface area (Å²) in [5.74, 6) is 1.80. The summed E-state index contributed by atoms with van der Waals surface area (Å²) >= 11 is 0. The number of nitrogens with one attached hydrogen (secondary N) is 2. The Balaban J connectivity index is 0.00000312. The molecule has 0 saturated carbocycles. The number of likely N-dealkylation sites (tertiary alicyclic amines) is 1. The first-order valence-corrected chi connectivity index (χ1v) is 8.38. The van der Waals surface area contributed by atoms with Gasteiger partial charge in [0.05, 0.1) is 6.61 Å². The van der Waals surface area contributed by atoms with Gasteiger partial charge in [-0.2, -0.15) is 4.98 Å². The van der Waals surface area contributed by atoms with Crippen LogP contribution >= 0.6 is 24.0 Å². The third-order valence-electron chi connectivity index (χ3n) is 3.65. The van der Waals surface area contributed by atoms with Crippen LogP contribution in [0.25, 0.3) is 0 Å². The molecule has 2 rings (SSSR count). The lowest BCUT2D eigenvalue weighted by atomic mass is 10.1. The first-order chi connectivity index (χ1) is 11.6. The fourth-order valence-corrected chi connectivity index (χ4v) is 2.49. The number of carbonyl (C=O) groups is 1. The average Bonchev–Trinajstić information content (AvgIpc) is 2.99. The van der Waals surface area contributed by atoms with Crippen molar-refractivity contribution < 1.29 is 14.1 Å². The van der Waals surface area contributed by atoms with Gasteiger partial charge in [-0.25, -0.2) is 9.79 Å². The number of piperidine rings is 1. The van der Waals surface area contributed by atoms with Gasteiger partial charge in [-0.1, -0.05) is 5.16 Å². The van der Waals surface area contributed by atoms with Crippen LogP contribution in [-0.4, -0.2) is 59.4 Å². The molecule has 1 aromatic heterocycles. The normalized spacial score (nSPS) is 15.5. The Kier molecular flexibility index (Phi) is 9.53. The zero-order chi connectivity index (χ0) is 17.4. The van der Waals surface area contributed by atoms with E-state index in [4.69, 9.17) is 9.26 Å². The SMILES string of the molecule is CCNC(=NCc1nc(C)no1)NC1CCN(C(=O)OCC)CC1.I. The van der Waals surface area contributed by atoms with E-state index in [0.29, 0.717) is 43.9 Å². The number of hydrogen-bond donors (Lipinski definition) is 2. The van der Waals surface area contributed by atoms with Crippen molar-refractivity contribution in [3.63, 3.8) is 0 Å². The summed E-state index contributed by atoms with van der Waals surface area (Å²) in [6, 6.07) is 0.262. The van der Waals surface area contributed by atoms with E-state index in [9.17, 15) is 4.79 Å². The molecule has 1 aliphatic heterocycles. The monoisotopic (exact) mass is 466 g/mol. The van der Waals surface area contributed by atoms with Gasteiger partial charge in [0.25, 0.3) is 0 Å². The predicted molar refractivity (Wildman–Crippen MR) is 104 cm³/mol.